The number of benzene rings is 2. The number of methoxy groups -OCH3 is 1. The molecule has 0 aliphatic carbocycles. The minimum Gasteiger partial charge on any atom is -0.497 e. The highest BCUT2D eigenvalue weighted by Gasteiger charge is 2.20. The highest BCUT2D eigenvalue weighted by atomic mass is 35.5. The molecule has 8 heteroatoms. The number of aromatic nitrogens is 2. The largest absolute Gasteiger partial charge is 0.497 e. The summed E-state index contributed by atoms with van der Waals surface area (Å²) in [5.41, 5.74) is 3.72. The van der Waals surface area contributed by atoms with Gasteiger partial charge in [0, 0.05) is 48.5 Å². The van der Waals surface area contributed by atoms with Gasteiger partial charge in [0.05, 0.1) is 19.3 Å². The monoisotopic (exact) mass is 484 g/mol. The lowest BCUT2D eigenvalue weighted by Gasteiger charge is -2.35. The Morgan fingerprint density at radius 1 is 1.03 bits per heavy atom. The predicted octanol–water partition coefficient (Wildman–Crippen LogP) is 4.92. The van der Waals surface area contributed by atoms with E-state index in [2.05, 4.69) is 10.00 Å². The summed E-state index contributed by atoms with van der Waals surface area (Å²) >= 11 is 12.5. The molecule has 3 aromatic rings. The summed E-state index contributed by atoms with van der Waals surface area (Å²) in [6, 6.07) is 15.6. The van der Waals surface area contributed by atoms with E-state index in [1.807, 2.05) is 60.4 Å². The molecule has 2 aromatic carbocycles. The summed E-state index contributed by atoms with van der Waals surface area (Å²) in [6.45, 7) is 5.32. The molecule has 6 nitrogen and oxygen atoms in total. The third kappa shape index (κ3) is 5.52. The molecule has 1 aliphatic heterocycles. The van der Waals surface area contributed by atoms with Crippen molar-refractivity contribution in [3.63, 3.8) is 0 Å². The highest BCUT2D eigenvalue weighted by Crippen LogP contribution is 2.24. The van der Waals surface area contributed by atoms with Crippen LogP contribution < -0.4 is 9.64 Å². The third-order valence-corrected chi connectivity index (χ3v) is 6.43. The van der Waals surface area contributed by atoms with Crippen molar-refractivity contribution in [3.05, 3.63) is 81.6 Å². The van der Waals surface area contributed by atoms with Gasteiger partial charge in [0.15, 0.2) is 0 Å². The molecule has 0 atom stereocenters. The lowest BCUT2D eigenvalue weighted by atomic mass is 10.2. The number of hydrogen-bond donors (Lipinski definition) is 0. The molecule has 2 heterocycles. The Morgan fingerprint density at radius 3 is 2.33 bits per heavy atom. The number of piperazine rings is 1. The molecule has 172 valence electrons. The summed E-state index contributed by atoms with van der Waals surface area (Å²) < 4.78 is 6.96. The number of halogens is 2. The van der Waals surface area contributed by atoms with E-state index < -0.39 is 0 Å². The lowest BCUT2D eigenvalue weighted by molar-refractivity contribution is -0.126. The van der Waals surface area contributed by atoms with Crippen molar-refractivity contribution in [2.24, 2.45) is 0 Å². The zero-order valence-electron chi connectivity index (χ0n) is 18.7. The second-order valence-corrected chi connectivity index (χ2v) is 8.71. The topological polar surface area (TPSA) is 50.6 Å². The van der Waals surface area contributed by atoms with Crippen LogP contribution in [0.3, 0.4) is 0 Å². The molecule has 1 amide bonds. The Balaban J connectivity index is 1.36. The van der Waals surface area contributed by atoms with Crippen LogP contribution in [0, 0.1) is 6.92 Å². The molecule has 1 saturated heterocycles. The van der Waals surface area contributed by atoms with Crippen molar-refractivity contribution in [2.75, 3.05) is 38.2 Å². The van der Waals surface area contributed by atoms with Crippen molar-refractivity contribution >= 4 is 40.9 Å². The maximum atomic E-state index is 12.8. The van der Waals surface area contributed by atoms with Crippen LogP contribution in [0.1, 0.15) is 16.8 Å². The number of ether oxygens (including phenoxy) is 1. The number of amides is 1. The van der Waals surface area contributed by atoms with Crippen molar-refractivity contribution < 1.29 is 9.53 Å². The van der Waals surface area contributed by atoms with E-state index in [4.69, 9.17) is 27.9 Å². The SMILES string of the molecule is COc1ccc(N2CCN(C(=O)/C=C\c3c(C)nn(Cc4ccc(Cl)cc4)c3Cl)CC2)cc1. The number of rotatable bonds is 6. The quantitative estimate of drug-likeness (QED) is 0.466. The van der Waals surface area contributed by atoms with Crippen LogP contribution >= 0.6 is 23.2 Å². The maximum Gasteiger partial charge on any atom is 0.246 e. The zero-order chi connectivity index (χ0) is 23.4. The second kappa shape index (κ2) is 10.3. The van der Waals surface area contributed by atoms with E-state index in [9.17, 15) is 4.79 Å². The van der Waals surface area contributed by atoms with Gasteiger partial charge in [-0.2, -0.15) is 5.10 Å². The number of nitrogens with zero attached hydrogens (tertiary/aromatic N) is 4. The first-order valence-corrected chi connectivity index (χ1v) is 11.5. The number of carbonyl (C=O) groups excluding carboxylic acids is 1. The van der Waals surface area contributed by atoms with Crippen LogP contribution in [0.5, 0.6) is 5.75 Å². The smallest absolute Gasteiger partial charge is 0.246 e. The summed E-state index contributed by atoms with van der Waals surface area (Å²) in [5, 5.41) is 5.73. The summed E-state index contributed by atoms with van der Waals surface area (Å²) in [4.78, 5) is 16.9. The van der Waals surface area contributed by atoms with Crippen molar-refractivity contribution in [2.45, 2.75) is 13.5 Å². The van der Waals surface area contributed by atoms with Gasteiger partial charge in [0.2, 0.25) is 5.91 Å². The molecular weight excluding hydrogens is 459 g/mol. The molecular formula is C25H26Cl2N4O2. The van der Waals surface area contributed by atoms with Gasteiger partial charge in [0.1, 0.15) is 10.9 Å². The highest BCUT2D eigenvalue weighted by molar-refractivity contribution is 6.31. The first-order chi connectivity index (χ1) is 15.9. The third-order valence-electron chi connectivity index (χ3n) is 5.78. The number of anilines is 1. The Bertz CT molecular complexity index is 1130. The van der Waals surface area contributed by atoms with E-state index in [1.54, 1.807) is 23.9 Å². The maximum absolute atomic E-state index is 12.8. The molecule has 0 spiro atoms. The first-order valence-electron chi connectivity index (χ1n) is 10.8. The molecule has 1 fully saturated rings. The fourth-order valence-electron chi connectivity index (χ4n) is 3.86. The normalized spacial score (nSPS) is 14.2. The van der Waals surface area contributed by atoms with Gasteiger partial charge in [-0.25, -0.2) is 4.68 Å². The minimum absolute atomic E-state index is 0.0229. The molecule has 0 radical (unpaired) electrons. The van der Waals surface area contributed by atoms with Crippen LogP contribution in [0.15, 0.2) is 54.6 Å². The minimum atomic E-state index is -0.0229. The Kier molecular flexibility index (Phi) is 7.26. The molecule has 0 unspecified atom stereocenters. The van der Waals surface area contributed by atoms with Gasteiger partial charge in [0.25, 0.3) is 0 Å². The Hall–Kier alpha value is -2.96. The molecule has 0 saturated carbocycles. The average Bonchev–Trinajstić information content (AvgIpc) is 3.11. The van der Waals surface area contributed by atoms with Gasteiger partial charge in [-0.1, -0.05) is 35.3 Å². The predicted molar refractivity (Wildman–Crippen MR) is 133 cm³/mol. The fraction of sp³-hybridized carbons (Fsp3) is 0.280. The molecule has 4 rings (SSSR count). The lowest BCUT2D eigenvalue weighted by Crippen LogP contribution is -2.48. The van der Waals surface area contributed by atoms with Crippen LogP contribution in [0.4, 0.5) is 5.69 Å². The Morgan fingerprint density at radius 2 is 1.70 bits per heavy atom. The van der Waals surface area contributed by atoms with E-state index >= 15 is 0 Å². The first kappa shape index (κ1) is 23.2. The van der Waals surface area contributed by atoms with Crippen molar-refractivity contribution in [3.8, 4) is 5.75 Å². The van der Waals surface area contributed by atoms with E-state index in [1.165, 1.54) is 0 Å². The van der Waals surface area contributed by atoms with Crippen LogP contribution in [-0.2, 0) is 11.3 Å². The van der Waals surface area contributed by atoms with E-state index in [-0.39, 0.29) is 5.91 Å². The number of carbonyl (C=O) groups is 1. The Labute approximate surface area is 204 Å². The fourth-order valence-corrected chi connectivity index (χ4v) is 4.29. The van der Waals surface area contributed by atoms with E-state index in [0.717, 1.165) is 41.3 Å². The summed E-state index contributed by atoms with van der Waals surface area (Å²) in [6.07, 6.45) is 3.35. The van der Waals surface area contributed by atoms with Crippen molar-refractivity contribution in [1.82, 2.24) is 14.7 Å². The van der Waals surface area contributed by atoms with Crippen LogP contribution in [0.25, 0.3) is 6.08 Å². The van der Waals surface area contributed by atoms with E-state index in [0.29, 0.717) is 29.8 Å². The van der Waals surface area contributed by atoms with Crippen molar-refractivity contribution in [1.29, 1.82) is 0 Å². The standard InChI is InChI=1S/C25H26Cl2N4O2/c1-18-23(25(27)31(28-18)17-19-3-5-20(26)6-4-19)11-12-24(32)30-15-13-29(14-16-30)21-7-9-22(33-2)10-8-21/h3-12H,13-17H2,1-2H3/b12-11-. The molecule has 1 aliphatic rings. The van der Waals surface area contributed by atoms with Gasteiger partial charge >= 0.3 is 0 Å². The number of aryl methyl sites for hydroxylation is 1. The van der Waals surface area contributed by atoms with Gasteiger partial charge in [-0.3, -0.25) is 4.79 Å². The molecule has 0 N–H and O–H groups in total. The summed E-state index contributed by atoms with van der Waals surface area (Å²) in [7, 11) is 1.66. The van der Waals surface area contributed by atoms with Gasteiger partial charge < -0.3 is 14.5 Å². The van der Waals surface area contributed by atoms with Crippen LogP contribution in [0.2, 0.25) is 10.2 Å². The molecule has 33 heavy (non-hydrogen) atoms. The van der Waals surface area contributed by atoms with Crippen LogP contribution in [-0.4, -0.2) is 53.9 Å². The average molecular weight is 485 g/mol. The van der Waals surface area contributed by atoms with Gasteiger partial charge in [-0.05, 0) is 55.0 Å². The second-order valence-electron chi connectivity index (χ2n) is 7.92. The molecule has 0 bridgehead atoms. The molecule has 1 aromatic heterocycles. The zero-order valence-corrected chi connectivity index (χ0v) is 20.2. The summed E-state index contributed by atoms with van der Waals surface area (Å²) in [5.74, 6) is 0.813. The number of hydrogen-bond acceptors (Lipinski definition) is 4. The van der Waals surface area contributed by atoms with Gasteiger partial charge in [-0.15, -0.1) is 0 Å².